The maximum absolute atomic E-state index is 13.7. The Morgan fingerprint density at radius 3 is 2.70 bits per heavy atom. The number of hydrogen-bond acceptors (Lipinski definition) is 4. The molecule has 4 rings (SSSR count). The van der Waals surface area contributed by atoms with Crippen LogP contribution in [0.25, 0.3) is 16.9 Å². The SMILES string of the molecule is O=C(NCC1CCCO1)c1cc2nc(-c3ccc(Cl)c(Cl)c3)cc(C(F)(F)F)n2n1. The first-order valence-corrected chi connectivity index (χ1v) is 9.81. The molecule has 2 aromatic heterocycles. The van der Waals surface area contributed by atoms with Crippen molar-refractivity contribution in [1.82, 2.24) is 19.9 Å². The molecule has 1 amide bonds. The number of amides is 1. The minimum Gasteiger partial charge on any atom is -0.376 e. The fraction of sp³-hybridized carbons (Fsp3) is 0.316. The van der Waals surface area contributed by atoms with Crippen LogP contribution in [0.4, 0.5) is 13.2 Å². The van der Waals surface area contributed by atoms with Crippen molar-refractivity contribution < 1.29 is 22.7 Å². The van der Waals surface area contributed by atoms with Gasteiger partial charge in [0.15, 0.2) is 17.0 Å². The van der Waals surface area contributed by atoms with Crippen LogP contribution in [0.1, 0.15) is 29.0 Å². The summed E-state index contributed by atoms with van der Waals surface area (Å²) in [6.07, 6.45) is -3.09. The van der Waals surface area contributed by atoms with E-state index in [4.69, 9.17) is 27.9 Å². The number of alkyl halides is 3. The van der Waals surface area contributed by atoms with Gasteiger partial charge >= 0.3 is 6.18 Å². The summed E-state index contributed by atoms with van der Waals surface area (Å²) in [4.78, 5) is 16.6. The van der Waals surface area contributed by atoms with Gasteiger partial charge in [0.25, 0.3) is 5.91 Å². The van der Waals surface area contributed by atoms with Gasteiger partial charge in [-0.15, -0.1) is 0 Å². The largest absolute Gasteiger partial charge is 0.433 e. The Hall–Kier alpha value is -2.36. The molecule has 1 aliphatic heterocycles. The Morgan fingerprint density at radius 2 is 2.03 bits per heavy atom. The van der Waals surface area contributed by atoms with Crippen LogP contribution in [0.2, 0.25) is 10.0 Å². The molecule has 30 heavy (non-hydrogen) atoms. The molecule has 0 saturated carbocycles. The minimum absolute atomic E-state index is 0.0274. The molecule has 1 fully saturated rings. The van der Waals surface area contributed by atoms with Crippen molar-refractivity contribution in [3.8, 4) is 11.3 Å². The number of fused-ring (bicyclic) bond motifs is 1. The predicted molar refractivity (Wildman–Crippen MR) is 105 cm³/mol. The van der Waals surface area contributed by atoms with Gasteiger partial charge in [0.05, 0.1) is 21.8 Å². The van der Waals surface area contributed by atoms with E-state index in [2.05, 4.69) is 15.4 Å². The summed E-state index contributed by atoms with van der Waals surface area (Å²) in [6, 6.07) is 6.47. The molecule has 11 heteroatoms. The van der Waals surface area contributed by atoms with Crippen LogP contribution in [0.5, 0.6) is 0 Å². The Labute approximate surface area is 178 Å². The van der Waals surface area contributed by atoms with Crippen molar-refractivity contribution in [2.24, 2.45) is 0 Å². The fourth-order valence-corrected chi connectivity index (χ4v) is 3.49. The van der Waals surface area contributed by atoms with E-state index in [9.17, 15) is 18.0 Å². The van der Waals surface area contributed by atoms with Crippen molar-refractivity contribution in [3.05, 3.63) is 51.8 Å². The fourth-order valence-electron chi connectivity index (χ4n) is 3.19. The molecule has 1 unspecified atom stereocenters. The number of carbonyl (C=O) groups excluding carboxylic acids is 1. The van der Waals surface area contributed by atoms with Crippen molar-refractivity contribution in [2.45, 2.75) is 25.1 Å². The van der Waals surface area contributed by atoms with Gasteiger partial charge in [0, 0.05) is 24.8 Å². The van der Waals surface area contributed by atoms with E-state index < -0.39 is 17.8 Å². The summed E-state index contributed by atoms with van der Waals surface area (Å²) in [5, 5.41) is 6.92. The summed E-state index contributed by atoms with van der Waals surface area (Å²) >= 11 is 11.9. The van der Waals surface area contributed by atoms with Crippen LogP contribution in [-0.4, -0.2) is 39.8 Å². The molecule has 1 N–H and O–H groups in total. The van der Waals surface area contributed by atoms with Crippen molar-refractivity contribution in [1.29, 1.82) is 0 Å². The van der Waals surface area contributed by atoms with E-state index in [1.807, 2.05) is 0 Å². The van der Waals surface area contributed by atoms with Gasteiger partial charge in [-0.1, -0.05) is 29.3 Å². The van der Waals surface area contributed by atoms with Gasteiger partial charge in [-0.05, 0) is 31.0 Å². The Kier molecular flexibility index (Phi) is 5.61. The lowest BCUT2D eigenvalue weighted by Gasteiger charge is -2.11. The molecular weight excluding hydrogens is 444 g/mol. The second-order valence-corrected chi connectivity index (χ2v) is 7.61. The average molecular weight is 459 g/mol. The van der Waals surface area contributed by atoms with E-state index in [1.54, 1.807) is 0 Å². The highest BCUT2D eigenvalue weighted by atomic mass is 35.5. The summed E-state index contributed by atoms with van der Waals surface area (Å²) in [7, 11) is 0. The average Bonchev–Trinajstić information content (AvgIpc) is 3.36. The third kappa shape index (κ3) is 4.23. The number of nitrogens with one attached hydrogen (secondary N) is 1. The summed E-state index contributed by atoms with van der Waals surface area (Å²) in [5.41, 5.74) is -0.972. The number of ether oxygens (including phenoxy) is 1. The van der Waals surface area contributed by atoms with Crippen LogP contribution >= 0.6 is 23.2 Å². The van der Waals surface area contributed by atoms with Gasteiger partial charge in [-0.3, -0.25) is 4.79 Å². The number of aromatic nitrogens is 3. The molecule has 1 atom stereocenters. The van der Waals surface area contributed by atoms with Crippen LogP contribution in [0.3, 0.4) is 0 Å². The topological polar surface area (TPSA) is 68.5 Å². The third-order valence-corrected chi connectivity index (χ3v) is 5.42. The Balaban J connectivity index is 1.72. The highest BCUT2D eigenvalue weighted by Gasteiger charge is 2.35. The van der Waals surface area contributed by atoms with Gasteiger partial charge in [-0.25, -0.2) is 9.50 Å². The van der Waals surface area contributed by atoms with E-state index >= 15 is 0 Å². The first-order valence-electron chi connectivity index (χ1n) is 9.05. The molecule has 1 aromatic carbocycles. The highest BCUT2D eigenvalue weighted by Crippen LogP contribution is 2.34. The van der Waals surface area contributed by atoms with E-state index in [-0.39, 0.29) is 39.7 Å². The standard InChI is InChI=1S/C19H15Cl2F3N4O2/c20-12-4-3-10(6-13(12)21)14-7-16(19(22,23)24)28-17(26-14)8-15(27-28)18(29)25-9-11-2-1-5-30-11/h3-4,6-8,11H,1-2,5,9H2,(H,25,29). The first-order chi connectivity index (χ1) is 14.2. The van der Waals surface area contributed by atoms with Gasteiger partial charge in [0.1, 0.15) is 0 Å². The van der Waals surface area contributed by atoms with E-state index in [0.717, 1.165) is 18.9 Å². The number of carbonyl (C=O) groups is 1. The van der Waals surface area contributed by atoms with Crippen molar-refractivity contribution in [3.63, 3.8) is 0 Å². The molecule has 1 aliphatic rings. The van der Waals surface area contributed by atoms with Crippen LogP contribution in [0.15, 0.2) is 30.3 Å². The Morgan fingerprint density at radius 1 is 1.23 bits per heavy atom. The second-order valence-electron chi connectivity index (χ2n) is 6.80. The second kappa shape index (κ2) is 8.05. The molecule has 0 radical (unpaired) electrons. The lowest BCUT2D eigenvalue weighted by Crippen LogP contribution is -2.32. The molecule has 3 heterocycles. The maximum Gasteiger partial charge on any atom is 0.433 e. The molecule has 1 saturated heterocycles. The Bertz CT molecular complexity index is 1110. The predicted octanol–water partition coefficient (Wildman–Crippen LogP) is 4.63. The van der Waals surface area contributed by atoms with Crippen LogP contribution < -0.4 is 5.32 Å². The normalized spacial score (nSPS) is 16.9. The minimum atomic E-state index is -4.72. The van der Waals surface area contributed by atoms with E-state index in [0.29, 0.717) is 16.7 Å². The van der Waals surface area contributed by atoms with Gasteiger partial charge < -0.3 is 10.1 Å². The first kappa shape index (κ1) is 20.9. The molecule has 3 aromatic rings. The smallest absolute Gasteiger partial charge is 0.376 e. The number of rotatable bonds is 4. The molecule has 0 aliphatic carbocycles. The lowest BCUT2D eigenvalue weighted by molar-refractivity contribution is -0.142. The monoisotopic (exact) mass is 458 g/mol. The zero-order chi connectivity index (χ0) is 21.5. The van der Waals surface area contributed by atoms with E-state index in [1.165, 1.54) is 24.3 Å². The number of halogens is 5. The number of benzene rings is 1. The maximum atomic E-state index is 13.7. The van der Waals surface area contributed by atoms with Gasteiger partial charge in [-0.2, -0.15) is 18.3 Å². The highest BCUT2D eigenvalue weighted by molar-refractivity contribution is 6.42. The van der Waals surface area contributed by atoms with Crippen LogP contribution in [-0.2, 0) is 10.9 Å². The summed E-state index contributed by atoms with van der Waals surface area (Å²) in [6.45, 7) is 0.895. The third-order valence-electron chi connectivity index (χ3n) is 4.68. The molecule has 6 nitrogen and oxygen atoms in total. The van der Waals surface area contributed by atoms with Crippen molar-refractivity contribution >= 4 is 34.8 Å². The van der Waals surface area contributed by atoms with Gasteiger partial charge in [0.2, 0.25) is 0 Å². The molecular formula is C19H15Cl2F3N4O2. The zero-order valence-corrected chi connectivity index (χ0v) is 16.9. The number of hydrogen-bond donors (Lipinski definition) is 1. The summed E-state index contributed by atoms with van der Waals surface area (Å²) in [5.74, 6) is -0.597. The summed E-state index contributed by atoms with van der Waals surface area (Å²) < 4.78 is 47.0. The lowest BCUT2D eigenvalue weighted by atomic mass is 10.1. The zero-order valence-electron chi connectivity index (χ0n) is 15.3. The quantitative estimate of drug-likeness (QED) is 0.618. The van der Waals surface area contributed by atoms with Crippen molar-refractivity contribution in [2.75, 3.05) is 13.2 Å². The molecule has 158 valence electrons. The molecule has 0 bridgehead atoms. The molecule has 0 spiro atoms. The van der Waals surface area contributed by atoms with Crippen LogP contribution in [0, 0.1) is 0 Å². The number of nitrogens with zero attached hydrogens (tertiary/aromatic N) is 3.